The minimum Gasteiger partial charge on any atom is -0.225 e. The van der Waals surface area contributed by atoms with Gasteiger partial charge in [-0.1, -0.05) is 166 Å². The summed E-state index contributed by atoms with van der Waals surface area (Å²) in [6.45, 7) is 4.70. The molecule has 11 rings (SSSR count). The molecule has 0 spiro atoms. The van der Waals surface area contributed by atoms with E-state index >= 15 is 0 Å². The Morgan fingerprint density at radius 1 is 0.439 bits per heavy atom. The molecule has 0 unspecified atom stereocenters. The average Bonchev–Trinajstić information content (AvgIpc) is 3.66. The third-order valence-electron chi connectivity index (χ3n) is 11.9. The van der Waals surface area contributed by atoms with Gasteiger partial charge in [-0.05, 0) is 117 Å². The van der Waals surface area contributed by atoms with E-state index in [2.05, 4.69) is 195 Å². The molecule has 2 aliphatic rings. The first-order valence-corrected chi connectivity index (χ1v) is 19.6. The first-order valence-electron chi connectivity index (χ1n) is 19.6. The van der Waals surface area contributed by atoms with Gasteiger partial charge in [0, 0.05) is 16.5 Å². The zero-order chi connectivity index (χ0) is 38.1. The third kappa shape index (κ3) is 5.23. The van der Waals surface area contributed by atoms with Crippen LogP contribution in [0, 0.1) is 5.41 Å². The highest BCUT2D eigenvalue weighted by atomic mass is 15.0. The maximum atomic E-state index is 4.89. The van der Waals surface area contributed by atoms with E-state index in [0.717, 1.165) is 50.1 Å². The Balaban J connectivity index is 1.34. The number of hydrogen-bond acceptors (Lipinski definition) is 3. The second-order valence-electron chi connectivity index (χ2n) is 15.6. The van der Waals surface area contributed by atoms with Crippen molar-refractivity contribution in [2.45, 2.75) is 13.8 Å². The van der Waals surface area contributed by atoms with Gasteiger partial charge in [0.1, 0.15) is 12.7 Å². The number of hydrogen-bond donors (Lipinski definition) is 0. The summed E-state index contributed by atoms with van der Waals surface area (Å²) in [6.07, 6.45) is 10.4. The van der Waals surface area contributed by atoms with Crippen LogP contribution < -0.4 is 10.4 Å². The Morgan fingerprint density at radius 2 is 0.930 bits per heavy atom. The van der Waals surface area contributed by atoms with Gasteiger partial charge in [-0.15, -0.1) is 0 Å². The smallest absolute Gasteiger partial charge is 0.163 e. The summed E-state index contributed by atoms with van der Waals surface area (Å²) < 4.78 is 0. The van der Waals surface area contributed by atoms with E-state index in [9.17, 15) is 0 Å². The van der Waals surface area contributed by atoms with Gasteiger partial charge in [-0.3, -0.25) is 0 Å². The van der Waals surface area contributed by atoms with Crippen LogP contribution in [-0.2, 0) is 0 Å². The van der Waals surface area contributed by atoms with E-state index in [4.69, 9.17) is 9.97 Å². The van der Waals surface area contributed by atoms with Gasteiger partial charge in [0.2, 0.25) is 0 Å². The van der Waals surface area contributed by atoms with Crippen molar-refractivity contribution in [1.82, 2.24) is 15.0 Å². The highest BCUT2D eigenvalue weighted by Crippen LogP contribution is 2.52. The van der Waals surface area contributed by atoms with E-state index in [1.807, 2.05) is 0 Å². The summed E-state index contributed by atoms with van der Waals surface area (Å²) >= 11 is 0. The van der Waals surface area contributed by atoms with Gasteiger partial charge in [-0.2, -0.15) is 0 Å². The number of allylic oxidation sites excluding steroid dienone is 4. The molecule has 0 saturated carbocycles. The lowest BCUT2D eigenvalue weighted by atomic mass is 9.71. The van der Waals surface area contributed by atoms with E-state index < -0.39 is 0 Å². The predicted molar refractivity (Wildman–Crippen MR) is 237 cm³/mol. The molecule has 3 heteroatoms. The Kier molecular flexibility index (Phi) is 7.52. The molecule has 268 valence electrons. The fourth-order valence-corrected chi connectivity index (χ4v) is 9.41. The van der Waals surface area contributed by atoms with Crippen LogP contribution in [0.1, 0.15) is 19.4 Å². The molecule has 8 aromatic carbocycles. The molecule has 0 N–H and O–H groups in total. The third-order valence-corrected chi connectivity index (χ3v) is 11.9. The topological polar surface area (TPSA) is 38.7 Å². The van der Waals surface area contributed by atoms with Gasteiger partial charge in [0.05, 0.1) is 0 Å². The van der Waals surface area contributed by atoms with Crippen molar-refractivity contribution in [1.29, 1.82) is 0 Å². The van der Waals surface area contributed by atoms with Crippen LogP contribution in [0.4, 0.5) is 0 Å². The number of fused-ring (bicyclic) bond motifs is 8. The van der Waals surface area contributed by atoms with E-state index in [-0.39, 0.29) is 5.41 Å². The summed E-state index contributed by atoms with van der Waals surface area (Å²) in [5.74, 6) is 0.641. The van der Waals surface area contributed by atoms with Crippen molar-refractivity contribution in [3.05, 3.63) is 204 Å². The lowest BCUT2D eigenvalue weighted by molar-refractivity contribution is 0.645. The van der Waals surface area contributed by atoms with Gasteiger partial charge in [-0.25, -0.2) is 15.0 Å². The van der Waals surface area contributed by atoms with Crippen LogP contribution in [-0.4, -0.2) is 15.0 Å². The summed E-state index contributed by atoms with van der Waals surface area (Å²) in [6, 6.07) is 57.2. The quantitative estimate of drug-likeness (QED) is 0.166. The largest absolute Gasteiger partial charge is 0.225 e. The molecule has 0 atom stereocenters. The van der Waals surface area contributed by atoms with Crippen LogP contribution in [0.5, 0.6) is 0 Å². The Labute approximate surface area is 331 Å². The Morgan fingerprint density at radius 3 is 1.51 bits per heavy atom. The second kappa shape index (κ2) is 12.9. The van der Waals surface area contributed by atoms with Gasteiger partial charge in [0.25, 0.3) is 0 Å². The lowest BCUT2D eigenvalue weighted by Crippen LogP contribution is -2.28. The lowest BCUT2D eigenvalue weighted by Gasteiger charge is -2.32. The molecule has 0 bridgehead atoms. The van der Waals surface area contributed by atoms with E-state index in [1.165, 1.54) is 53.9 Å². The number of rotatable bonds is 5. The Bertz CT molecular complexity index is 3170. The fraction of sp³-hybridized carbons (Fsp3) is 0.0556. The van der Waals surface area contributed by atoms with E-state index in [1.54, 1.807) is 12.7 Å². The summed E-state index contributed by atoms with van der Waals surface area (Å²) in [4.78, 5) is 14.1. The van der Waals surface area contributed by atoms with E-state index in [0.29, 0.717) is 5.82 Å². The second-order valence-corrected chi connectivity index (χ2v) is 15.6. The van der Waals surface area contributed by atoms with Crippen molar-refractivity contribution in [2.75, 3.05) is 0 Å². The van der Waals surface area contributed by atoms with Crippen molar-refractivity contribution in [3.8, 4) is 44.8 Å². The maximum absolute atomic E-state index is 4.89. The summed E-state index contributed by atoms with van der Waals surface area (Å²) in [5, 5.41) is 10.2. The first kappa shape index (κ1) is 33.1. The molecule has 0 amide bonds. The van der Waals surface area contributed by atoms with Crippen molar-refractivity contribution < 1.29 is 0 Å². The molecule has 0 saturated heterocycles. The zero-order valence-electron chi connectivity index (χ0n) is 31.7. The average molecular weight is 728 g/mol. The maximum Gasteiger partial charge on any atom is 0.163 e. The molecule has 0 radical (unpaired) electrons. The highest BCUT2D eigenvalue weighted by molar-refractivity contribution is 6.25. The number of aromatic nitrogens is 3. The summed E-state index contributed by atoms with van der Waals surface area (Å²) in [5.41, 5.74) is 12.3. The molecule has 1 aromatic heterocycles. The molecule has 0 aliphatic heterocycles. The zero-order valence-corrected chi connectivity index (χ0v) is 31.7. The Hall–Kier alpha value is -7.23. The van der Waals surface area contributed by atoms with Gasteiger partial charge >= 0.3 is 0 Å². The first-order chi connectivity index (χ1) is 28.0. The molecule has 2 aliphatic carbocycles. The molecule has 57 heavy (non-hydrogen) atoms. The van der Waals surface area contributed by atoms with Crippen LogP contribution >= 0.6 is 0 Å². The SMILES string of the molecule is CC1(C)C=CC(c2c(-c3ccccc3)c(-c3ccccc3)cc(-c3ccccc3)c2-c2ncncn2)=C2C=c3cc4c5ccccc5c5ccccc5c4cc3=C21. The molecular weight excluding hydrogens is 691 g/mol. The van der Waals surface area contributed by atoms with Crippen LogP contribution in [0.3, 0.4) is 0 Å². The van der Waals surface area contributed by atoms with Crippen molar-refractivity contribution in [2.24, 2.45) is 5.41 Å². The highest BCUT2D eigenvalue weighted by Gasteiger charge is 2.35. The molecule has 9 aromatic rings. The standard InChI is InChI=1S/C54H37N3/c1-54(2)27-26-42(48-29-37-28-46-40-24-14-12-22-38(40)39-23-13-15-25-41(39)47(46)31-45(37)52(48)54)50-49(36-20-10-5-11-21-36)43(34-16-6-3-7-17-34)30-44(35-18-8-4-9-19-35)51(50)53-56-32-55-33-57-53/h3-33H,1-2H3. The van der Waals surface area contributed by atoms with Crippen LogP contribution in [0.2, 0.25) is 0 Å². The van der Waals surface area contributed by atoms with Crippen LogP contribution in [0.25, 0.3) is 94.3 Å². The summed E-state index contributed by atoms with van der Waals surface area (Å²) in [7, 11) is 0. The predicted octanol–water partition coefficient (Wildman–Crippen LogP) is 12.0. The van der Waals surface area contributed by atoms with Gasteiger partial charge < -0.3 is 0 Å². The van der Waals surface area contributed by atoms with Gasteiger partial charge in [0.15, 0.2) is 5.82 Å². The fourth-order valence-electron chi connectivity index (χ4n) is 9.41. The number of nitrogens with zero attached hydrogens (tertiary/aromatic N) is 3. The number of benzene rings is 8. The van der Waals surface area contributed by atoms with Crippen molar-refractivity contribution >= 4 is 49.5 Å². The minimum absolute atomic E-state index is 0.236. The van der Waals surface area contributed by atoms with Crippen LogP contribution in [0.15, 0.2) is 188 Å². The molecule has 0 fully saturated rings. The molecule has 1 heterocycles. The normalized spacial score (nSPS) is 14.2. The monoisotopic (exact) mass is 727 g/mol. The molecular formula is C54H37N3. The van der Waals surface area contributed by atoms with Crippen molar-refractivity contribution in [3.63, 3.8) is 0 Å². The minimum atomic E-state index is -0.236. The molecule has 3 nitrogen and oxygen atoms in total.